The standard InChI is InChI=1S/C13H19N3O2/c1-9-8-12(18-15-9)11-5-3-7-16(11)13(17)10-4-2-6-14-10/h8,10-11,14H,2-7H2,1H3/t10-,11+/m0/s1. The largest absolute Gasteiger partial charge is 0.359 e. The molecule has 2 fully saturated rings. The minimum Gasteiger partial charge on any atom is -0.359 e. The number of nitrogens with zero attached hydrogens (tertiary/aromatic N) is 2. The fraction of sp³-hybridized carbons (Fsp3) is 0.692. The van der Waals surface area contributed by atoms with E-state index in [0.29, 0.717) is 0 Å². The van der Waals surface area contributed by atoms with Crippen LogP contribution in [0.15, 0.2) is 10.6 Å². The van der Waals surface area contributed by atoms with Crippen molar-refractivity contribution in [2.75, 3.05) is 13.1 Å². The molecule has 0 unspecified atom stereocenters. The van der Waals surface area contributed by atoms with E-state index in [9.17, 15) is 4.79 Å². The van der Waals surface area contributed by atoms with Crippen LogP contribution in [0.2, 0.25) is 0 Å². The summed E-state index contributed by atoms with van der Waals surface area (Å²) in [5.41, 5.74) is 0.878. The van der Waals surface area contributed by atoms with E-state index >= 15 is 0 Å². The molecule has 0 radical (unpaired) electrons. The molecule has 0 spiro atoms. The van der Waals surface area contributed by atoms with Crippen LogP contribution in [0.5, 0.6) is 0 Å². The summed E-state index contributed by atoms with van der Waals surface area (Å²) in [5.74, 6) is 1.06. The summed E-state index contributed by atoms with van der Waals surface area (Å²) in [6, 6.07) is 2.04. The van der Waals surface area contributed by atoms with Gasteiger partial charge in [0.1, 0.15) is 0 Å². The number of carbonyl (C=O) groups is 1. The van der Waals surface area contributed by atoms with Gasteiger partial charge in [-0.15, -0.1) is 0 Å². The number of rotatable bonds is 2. The number of carbonyl (C=O) groups excluding carboxylic acids is 1. The maximum Gasteiger partial charge on any atom is 0.240 e. The summed E-state index contributed by atoms with van der Waals surface area (Å²) in [6.45, 7) is 3.70. The zero-order valence-electron chi connectivity index (χ0n) is 10.7. The molecule has 1 aromatic heterocycles. The van der Waals surface area contributed by atoms with Gasteiger partial charge in [0.25, 0.3) is 0 Å². The summed E-state index contributed by atoms with van der Waals surface area (Å²) in [4.78, 5) is 14.4. The SMILES string of the molecule is Cc1cc([C@H]2CCCN2C(=O)[C@@H]2CCCN2)on1. The van der Waals surface area contributed by atoms with Crippen LogP contribution in [0.3, 0.4) is 0 Å². The molecule has 5 nitrogen and oxygen atoms in total. The van der Waals surface area contributed by atoms with Gasteiger partial charge < -0.3 is 14.7 Å². The number of amides is 1. The molecule has 1 aromatic rings. The maximum atomic E-state index is 12.4. The van der Waals surface area contributed by atoms with E-state index in [1.165, 1.54) is 0 Å². The van der Waals surface area contributed by atoms with Crippen molar-refractivity contribution >= 4 is 5.91 Å². The molecule has 1 amide bonds. The van der Waals surface area contributed by atoms with Crippen LogP contribution in [0.25, 0.3) is 0 Å². The Balaban J connectivity index is 1.76. The Labute approximate surface area is 107 Å². The maximum absolute atomic E-state index is 12.4. The van der Waals surface area contributed by atoms with Crippen LogP contribution < -0.4 is 5.32 Å². The van der Waals surface area contributed by atoms with Gasteiger partial charge in [-0.3, -0.25) is 4.79 Å². The summed E-state index contributed by atoms with van der Waals surface area (Å²) in [6.07, 6.45) is 4.07. The van der Waals surface area contributed by atoms with Crippen LogP contribution >= 0.6 is 0 Å². The predicted octanol–water partition coefficient (Wildman–Crippen LogP) is 1.40. The topological polar surface area (TPSA) is 58.4 Å². The van der Waals surface area contributed by atoms with Gasteiger partial charge >= 0.3 is 0 Å². The molecule has 5 heteroatoms. The molecule has 0 aliphatic carbocycles. The first kappa shape index (κ1) is 11.7. The van der Waals surface area contributed by atoms with Crippen molar-refractivity contribution in [3.63, 3.8) is 0 Å². The Kier molecular flexibility index (Phi) is 3.07. The van der Waals surface area contributed by atoms with Gasteiger partial charge in [-0.05, 0) is 39.2 Å². The van der Waals surface area contributed by atoms with Gasteiger partial charge in [0.15, 0.2) is 5.76 Å². The van der Waals surface area contributed by atoms with Gasteiger partial charge in [-0.1, -0.05) is 5.16 Å². The second-order valence-electron chi connectivity index (χ2n) is 5.21. The first-order valence-electron chi connectivity index (χ1n) is 6.73. The number of aryl methyl sites for hydroxylation is 1. The molecule has 2 atom stereocenters. The Hall–Kier alpha value is -1.36. The Morgan fingerprint density at radius 3 is 3.06 bits per heavy atom. The summed E-state index contributed by atoms with van der Waals surface area (Å²) in [5, 5.41) is 7.20. The summed E-state index contributed by atoms with van der Waals surface area (Å²) < 4.78 is 5.33. The first-order valence-corrected chi connectivity index (χ1v) is 6.73. The minimum absolute atomic E-state index is 0.00891. The Morgan fingerprint density at radius 2 is 2.39 bits per heavy atom. The van der Waals surface area contributed by atoms with Crippen molar-refractivity contribution in [2.45, 2.75) is 44.7 Å². The molecule has 98 valence electrons. The second kappa shape index (κ2) is 4.72. The van der Waals surface area contributed by atoms with Gasteiger partial charge in [-0.25, -0.2) is 0 Å². The zero-order valence-corrected chi connectivity index (χ0v) is 10.7. The third-order valence-electron chi connectivity index (χ3n) is 3.87. The summed E-state index contributed by atoms with van der Waals surface area (Å²) >= 11 is 0. The molecule has 2 aliphatic heterocycles. The fourth-order valence-electron chi connectivity index (χ4n) is 2.96. The van der Waals surface area contributed by atoms with Gasteiger partial charge in [0.05, 0.1) is 17.8 Å². The lowest BCUT2D eigenvalue weighted by Crippen LogP contribution is -2.43. The van der Waals surface area contributed by atoms with Gasteiger partial charge in [0.2, 0.25) is 5.91 Å². The minimum atomic E-state index is 0.00891. The van der Waals surface area contributed by atoms with E-state index in [0.717, 1.165) is 50.2 Å². The van der Waals surface area contributed by atoms with Crippen molar-refractivity contribution in [3.05, 3.63) is 17.5 Å². The highest BCUT2D eigenvalue weighted by molar-refractivity contribution is 5.82. The number of hydrogen-bond acceptors (Lipinski definition) is 4. The van der Waals surface area contributed by atoms with Gasteiger partial charge in [-0.2, -0.15) is 0 Å². The number of likely N-dealkylation sites (tertiary alicyclic amines) is 1. The zero-order chi connectivity index (χ0) is 12.5. The molecule has 3 rings (SSSR count). The lowest BCUT2D eigenvalue weighted by Gasteiger charge is -2.25. The average Bonchev–Trinajstić information content (AvgIpc) is 3.09. The highest BCUT2D eigenvalue weighted by atomic mass is 16.5. The Bertz CT molecular complexity index is 437. The number of aromatic nitrogens is 1. The monoisotopic (exact) mass is 249 g/mol. The van der Waals surface area contributed by atoms with Crippen molar-refractivity contribution in [1.82, 2.24) is 15.4 Å². The molecule has 0 bridgehead atoms. The molecule has 2 saturated heterocycles. The quantitative estimate of drug-likeness (QED) is 0.860. The molecule has 1 N–H and O–H groups in total. The van der Waals surface area contributed by atoms with Crippen molar-refractivity contribution in [2.24, 2.45) is 0 Å². The van der Waals surface area contributed by atoms with E-state index in [2.05, 4.69) is 10.5 Å². The first-order chi connectivity index (χ1) is 8.75. The third-order valence-corrected chi connectivity index (χ3v) is 3.87. The van der Waals surface area contributed by atoms with Crippen LogP contribution in [0, 0.1) is 6.92 Å². The van der Waals surface area contributed by atoms with Crippen molar-refractivity contribution < 1.29 is 9.32 Å². The highest BCUT2D eigenvalue weighted by Crippen LogP contribution is 2.33. The lowest BCUT2D eigenvalue weighted by atomic mass is 10.1. The van der Waals surface area contributed by atoms with Crippen LogP contribution in [0.4, 0.5) is 0 Å². The Morgan fingerprint density at radius 1 is 1.50 bits per heavy atom. The molecule has 0 saturated carbocycles. The van der Waals surface area contributed by atoms with E-state index in [1.54, 1.807) is 0 Å². The lowest BCUT2D eigenvalue weighted by molar-refractivity contribution is -0.134. The second-order valence-corrected chi connectivity index (χ2v) is 5.21. The van der Waals surface area contributed by atoms with Crippen molar-refractivity contribution in [3.8, 4) is 0 Å². The molecule has 2 aliphatic rings. The van der Waals surface area contributed by atoms with Crippen LogP contribution in [-0.4, -0.2) is 35.1 Å². The van der Waals surface area contributed by atoms with E-state index in [-0.39, 0.29) is 18.0 Å². The number of hydrogen-bond donors (Lipinski definition) is 1. The van der Waals surface area contributed by atoms with E-state index < -0.39 is 0 Å². The molecular formula is C13H19N3O2. The molecule has 0 aromatic carbocycles. The van der Waals surface area contributed by atoms with E-state index in [4.69, 9.17) is 4.52 Å². The molecule has 18 heavy (non-hydrogen) atoms. The van der Waals surface area contributed by atoms with Crippen LogP contribution in [0.1, 0.15) is 43.2 Å². The summed E-state index contributed by atoms with van der Waals surface area (Å²) in [7, 11) is 0. The predicted molar refractivity (Wildman–Crippen MR) is 66.0 cm³/mol. The molecular weight excluding hydrogens is 230 g/mol. The highest BCUT2D eigenvalue weighted by Gasteiger charge is 2.36. The van der Waals surface area contributed by atoms with Crippen LogP contribution in [-0.2, 0) is 4.79 Å². The third kappa shape index (κ3) is 2.03. The molecule has 3 heterocycles. The van der Waals surface area contributed by atoms with E-state index in [1.807, 2.05) is 17.9 Å². The average molecular weight is 249 g/mol. The number of nitrogens with one attached hydrogen (secondary N) is 1. The smallest absolute Gasteiger partial charge is 0.240 e. The fourth-order valence-corrected chi connectivity index (χ4v) is 2.96. The van der Waals surface area contributed by atoms with Gasteiger partial charge in [0, 0.05) is 12.6 Å². The normalized spacial score (nSPS) is 27.9. The van der Waals surface area contributed by atoms with Crippen molar-refractivity contribution in [1.29, 1.82) is 0 Å².